The minimum atomic E-state index is -0.392. The molecule has 3 aromatic heterocycles. The molecular weight excluding hydrogens is 288 g/mol. The first-order valence-corrected chi connectivity index (χ1v) is 7.26. The molecule has 1 aromatic carbocycles. The number of para-hydroxylation sites is 2. The number of hydrogen-bond acceptors (Lipinski definition) is 5. The summed E-state index contributed by atoms with van der Waals surface area (Å²) in [4.78, 5) is 17.3. The molecule has 0 spiro atoms. The highest BCUT2D eigenvalue weighted by molar-refractivity contribution is 7.13. The van der Waals surface area contributed by atoms with Crippen LogP contribution in [0.2, 0.25) is 0 Å². The lowest BCUT2D eigenvalue weighted by molar-refractivity contribution is 0.515. The molecule has 0 aliphatic carbocycles. The summed E-state index contributed by atoms with van der Waals surface area (Å²) < 4.78 is 12.2. The van der Waals surface area contributed by atoms with Crippen LogP contribution >= 0.6 is 11.3 Å². The summed E-state index contributed by atoms with van der Waals surface area (Å²) in [7, 11) is 0. The van der Waals surface area contributed by atoms with Crippen molar-refractivity contribution >= 4 is 22.4 Å². The summed E-state index contributed by atoms with van der Waals surface area (Å²) in [6.07, 6.45) is 1.57. The number of hydrogen-bond donors (Lipinski definition) is 0. The third-order valence-electron chi connectivity index (χ3n) is 3.18. The van der Waals surface area contributed by atoms with E-state index in [-0.39, 0.29) is 0 Å². The third kappa shape index (κ3) is 2.09. The Morgan fingerprint density at radius 3 is 2.95 bits per heavy atom. The Bertz CT molecular complexity index is 947. The van der Waals surface area contributed by atoms with Gasteiger partial charge in [-0.2, -0.15) is 0 Å². The second-order valence-corrected chi connectivity index (χ2v) is 5.49. The third-order valence-corrected chi connectivity index (χ3v) is 4.04. The highest BCUT2D eigenvalue weighted by atomic mass is 32.1. The van der Waals surface area contributed by atoms with Crippen molar-refractivity contribution in [2.75, 3.05) is 0 Å². The molecule has 3 heterocycles. The van der Waals surface area contributed by atoms with E-state index in [1.807, 2.05) is 35.7 Å². The van der Waals surface area contributed by atoms with Gasteiger partial charge < -0.3 is 8.83 Å². The topological polar surface area (TPSA) is 61.2 Å². The average molecular weight is 298 g/mol. The zero-order valence-corrected chi connectivity index (χ0v) is 11.7. The molecule has 104 valence electrons. The second kappa shape index (κ2) is 4.75. The zero-order valence-electron chi connectivity index (χ0n) is 10.9. The second-order valence-electron chi connectivity index (χ2n) is 4.54. The van der Waals surface area contributed by atoms with E-state index in [4.69, 9.17) is 8.83 Å². The molecule has 0 amide bonds. The Morgan fingerprint density at radius 1 is 1.19 bits per heavy atom. The number of benzene rings is 1. The van der Waals surface area contributed by atoms with Crippen molar-refractivity contribution in [2.45, 2.75) is 6.54 Å². The molecule has 0 saturated carbocycles. The number of nitrogens with zero attached hydrogens (tertiary/aromatic N) is 2. The van der Waals surface area contributed by atoms with Gasteiger partial charge in [-0.25, -0.2) is 9.78 Å². The van der Waals surface area contributed by atoms with Gasteiger partial charge in [0.1, 0.15) is 6.26 Å². The Kier molecular flexibility index (Phi) is 2.75. The molecule has 5 nitrogen and oxygen atoms in total. The molecule has 0 fully saturated rings. The molecule has 4 aromatic rings. The van der Waals surface area contributed by atoms with Crippen molar-refractivity contribution < 1.29 is 8.83 Å². The van der Waals surface area contributed by atoms with Gasteiger partial charge in [0.15, 0.2) is 5.58 Å². The lowest BCUT2D eigenvalue weighted by Gasteiger charge is -1.97. The van der Waals surface area contributed by atoms with E-state index in [1.165, 1.54) is 0 Å². The van der Waals surface area contributed by atoms with Crippen molar-refractivity contribution in [1.29, 1.82) is 0 Å². The number of aromatic nitrogens is 2. The molecule has 6 heteroatoms. The van der Waals surface area contributed by atoms with Crippen LogP contribution in [0.1, 0.15) is 5.69 Å². The van der Waals surface area contributed by atoms with E-state index in [0.29, 0.717) is 23.7 Å². The van der Waals surface area contributed by atoms with E-state index in [0.717, 1.165) is 10.4 Å². The fraction of sp³-hybridized carbons (Fsp3) is 0.0667. The largest absolute Gasteiger partial charge is 0.443 e. The Morgan fingerprint density at radius 2 is 2.10 bits per heavy atom. The fourth-order valence-corrected chi connectivity index (χ4v) is 2.87. The van der Waals surface area contributed by atoms with Crippen LogP contribution in [-0.4, -0.2) is 9.55 Å². The van der Waals surface area contributed by atoms with Gasteiger partial charge >= 0.3 is 5.76 Å². The molecule has 0 atom stereocenters. The summed E-state index contributed by atoms with van der Waals surface area (Å²) in [5, 5.41) is 1.97. The first-order chi connectivity index (χ1) is 10.3. The van der Waals surface area contributed by atoms with Crippen molar-refractivity contribution in [3.05, 3.63) is 64.3 Å². The normalized spacial score (nSPS) is 11.2. The van der Waals surface area contributed by atoms with Crippen LogP contribution in [0.25, 0.3) is 21.9 Å². The first kappa shape index (κ1) is 12.2. The fourth-order valence-electron chi connectivity index (χ4n) is 2.22. The maximum atomic E-state index is 11.9. The van der Waals surface area contributed by atoms with E-state index in [1.54, 1.807) is 28.2 Å². The molecule has 21 heavy (non-hydrogen) atoms. The molecule has 0 bridgehead atoms. The van der Waals surface area contributed by atoms with Crippen LogP contribution in [0, 0.1) is 0 Å². The minimum Gasteiger partial charge on any atom is -0.443 e. The van der Waals surface area contributed by atoms with Crippen molar-refractivity contribution in [1.82, 2.24) is 9.55 Å². The van der Waals surface area contributed by atoms with Gasteiger partial charge in [0.05, 0.1) is 22.6 Å². The SMILES string of the molecule is O=c1oc2ccccc2n1Cc1coc(-c2cccs2)n1. The minimum absolute atomic E-state index is 0.324. The number of fused-ring (bicyclic) bond motifs is 1. The zero-order chi connectivity index (χ0) is 14.2. The summed E-state index contributed by atoms with van der Waals surface area (Å²) >= 11 is 1.56. The Labute approximate surface area is 123 Å². The van der Waals surface area contributed by atoms with Gasteiger partial charge in [-0.1, -0.05) is 18.2 Å². The summed E-state index contributed by atoms with van der Waals surface area (Å²) in [5.74, 6) is 0.178. The number of thiophene rings is 1. The van der Waals surface area contributed by atoms with Crippen LogP contribution < -0.4 is 5.76 Å². The van der Waals surface area contributed by atoms with Gasteiger partial charge in [0.25, 0.3) is 0 Å². The molecule has 0 N–H and O–H groups in total. The molecule has 4 rings (SSSR count). The average Bonchev–Trinajstić information content (AvgIpc) is 3.20. The van der Waals surface area contributed by atoms with Crippen molar-refractivity contribution in [2.24, 2.45) is 0 Å². The monoisotopic (exact) mass is 298 g/mol. The van der Waals surface area contributed by atoms with Gasteiger partial charge in [-0.05, 0) is 23.6 Å². The van der Waals surface area contributed by atoms with Crippen LogP contribution in [-0.2, 0) is 6.54 Å². The molecular formula is C15H10N2O3S. The molecule has 0 aliphatic heterocycles. The van der Waals surface area contributed by atoms with Gasteiger partial charge in [0.2, 0.25) is 5.89 Å². The van der Waals surface area contributed by atoms with Crippen LogP contribution in [0.4, 0.5) is 0 Å². The van der Waals surface area contributed by atoms with Gasteiger partial charge in [-0.15, -0.1) is 11.3 Å². The molecule has 0 radical (unpaired) electrons. The van der Waals surface area contributed by atoms with E-state index in [9.17, 15) is 4.79 Å². The van der Waals surface area contributed by atoms with Crippen LogP contribution in [0.15, 0.2) is 61.7 Å². The van der Waals surface area contributed by atoms with Crippen LogP contribution in [0.5, 0.6) is 0 Å². The summed E-state index contributed by atoms with van der Waals surface area (Å²) in [5.41, 5.74) is 2.01. The molecule has 0 aliphatic rings. The van der Waals surface area contributed by atoms with Crippen molar-refractivity contribution in [3.8, 4) is 10.8 Å². The lowest BCUT2D eigenvalue weighted by atomic mass is 10.3. The van der Waals surface area contributed by atoms with Crippen LogP contribution in [0.3, 0.4) is 0 Å². The molecule has 0 unspecified atom stereocenters. The predicted octanol–water partition coefficient (Wildman–Crippen LogP) is 3.36. The number of rotatable bonds is 3. The standard InChI is InChI=1S/C15H10N2O3S/c18-15-17(11-4-1-2-5-12(11)20-15)8-10-9-19-14(16-10)13-6-3-7-21-13/h1-7,9H,8H2. The van der Waals surface area contributed by atoms with Crippen molar-refractivity contribution in [3.63, 3.8) is 0 Å². The number of oxazole rings is 2. The summed E-state index contributed by atoms with van der Waals surface area (Å²) in [6.45, 7) is 0.324. The highest BCUT2D eigenvalue weighted by Crippen LogP contribution is 2.24. The lowest BCUT2D eigenvalue weighted by Crippen LogP contribution is -2.14. The van der Waals surface area contributed by atoms with Gasteiger partial charge in [0, 0.05) is 0 Å². The smallest absolute Gasteiger partial charge is 0.420 e. The highest BCUT2D eigenvalue weighted by Gasteiger charge is 2.12. The van der Waals surface area contributed by atoms with E-state index >= 15 is 0 Å². The maximum Gasteiger partial charge on any atom is 0.420 e. The first-order valence-electron chi connectivity index (χ1n) is 6.38. The van der Waals surface area contributed by atoms with Gasteiger partial charge in [-0.3, -0.25) is 4.57 Å². The van der Waals surface area contributed by atoms with E-state index < -0.39 is 5.76 Å². The summed E-state index contributed by atoms with van der Waals surface area (Å²) in [6, 6.07) is 11.2. The predicted molar refractivity (Wildman–Crippen MR) is 79.4 cm³/mol. The quantitative estimate of drug-likeness (QED) is 0.582. The Balaban J connectivity index is 1.72. The maximum absolute atomic E-state index is 11.9. The van der Waals surface area contributed by atoms with E-state index in [2.05, 4.69) is 4.98 Å². The Hall–Kier alpha value is -2.60. The molecule has 0 saturated heterocycles.